The van der Waals surface area contributed by atoms with Crippen molar-refractivity contribution in [3.63, 3.8) is 0 Å². The van der Waals surface area contributed by atoms with Crippen LogP contribution in [-0.4, -0.2) is 28.3 Å². The molecule has 0 aliphatic heterocycles. The highest BCUT2D eigenvalue weighted by molar-refractivity contribution is 7.71. The van der Waals surface area contributed by atoms with Crippen LogP contribution in [0.4, 0.5) is 0 Å². The van der Waals surface area contributed by atoms with Crippen molar-refractivity contribution in [2.45, 2.75) is 20.1 Å². The maximum Gasteiger partial charge on any atom is 0.288 e. The molecule has 0 spiro atoms. The molecule has 0 N–H and O–H groups in total. The fourth-order valence-electron chi connectivity index (χ4n) is 2.60. The van der Waals surface area contributed by atoms with Gasteiger partial charge in [-0.2, -0.15) is 0 Å². The third-order valence-corrected chi connectivity index (χ3v) is 3.99. The first kappa shape index (κ1) is 17.4. The van der Waals surface area contributed by atoms with Gasteiger partial charge in [0.15, 0.2) is 0 Å². The van der Waals surface area contributed by atoms with E-state index in [0.717, 1.165) is 17.9 Å². The van der Waals surface area contributed by atoms with Crippen LogP contribution in [0.15, 0.2) is 59.0 Å². The Morgan fingerprint density at radius 3 is 2.60 bits per heavy atom. The number of nitrogens with zero attached hydrogens (tertiary/aromatic N) is 3. The molecule has 0 amide bonds. The Kier molecular flexibility index (Phi) is 5.63. The number of benzene rings is 2. The molecule has 3 rings (SSSR count). The number of aromatic nitrogens is 2. The standard InChI is InChI=1S/C19H21N3O2S/c1-3-23-17-12-8-7-11-16(17)18-20-22(19(25)24-18)14-21(2)13-15-9-5-4-6-10-15/h4-12H,3,13-14H2,1-2H3. The van der Waals surface area contributed by atoms with E-state index in [1.807, 2.05) is 56.4 Å². The van der Waals surface area contributed by atoms with Crippen molar-refractivity contribution >= 4 is 12.2 Å². The zero-order valence-electron chi connectivity index (χ0n) is 14.4. The van der Waals surface area contributed by atoms with Crippen LogP contribution in [0.3, 0.4) is 0 Å². The summed E-state index contributed by atoms with van der Waals surface area (Å²) in [5.74, 6) is 1.22. The zero-order valence-corrected chi connectivity index (χ0v) is 15.2. The highest BCUT2D eigenvalue weighted by Crippen LogP contribution is 2.28. The minimum atomic E-state index is 0.348. The Bertz CT molecular complexity index is 874. The summed E-state index contributed by atoms with van der Waals surface area (Å²) in [5.41, 5.74) is 2.04. The molecule has 0 saturated carbocycles. The summed E-state index contributed by atoms with van der Waals surface area (Å²) in [6.45, 7) is 3.89. The lowest BCUT2D eigenvalue weighted by Gasteiger charge is -2.15. The second kappa shape index (κ2) is 8.09. The van der Waals surface area contributed by atoms with Gasteiger partial charge in [0, 0.05) is 6.54 Å². The molecule has 6 heteroatoms. The molecule has 25 heavy (non-hydrogen) atoms. The van der Waals surface area contributed by atoms with Gasteiger partial charge in [-0.15, -0.1) is 5.10 Å². The van der Waals surface area contributed by atoms with Crippen molar-refractivity contribution in [3.8, 4) is 17.2 Å². The first-order valence-corrected chi connectivity index (χ1v) is 8.61. The van der Waals surface area contributed by atoms with Gasteiger partial charge < -0.3 is 9.15 Å². The van der Waals surface area contributed by atoms with Gasteiger partial charge >= 0.3 is 0 Å². The van der Waals surface area contributed by atoms with Crippen molar-refractivity contribution in [1.82, 2.24) is 14.7 Å². The molecule has 0 radical (unpaired) electrons. The average molecular weight is 355 g/mol. The molecule has 0 atom stereocenters. The molecule has 2 aromatic carbocycles. The lowest BCUT2D eigenvalue weighted by Crippen LogP contribution is -2.22. The fourth-order valence-corrected chi connectivity index (χ4v) is 2.78. The Morgan fingerprint density at radius 2 is 1.84 bits per heavy atom. The van der Waals surface area contributed by atoms with E-state index < -0.39 is 0 Å². The third kappa shape index (κ3) is 4.35. The summed E-state index contributed by atoms with van der Waals surface area (Å²) in [5, 5.41) is 4.53. The number of para-hydroxylation sites is 1. The lowest BCUT2D eigenvalue weighted by molar-refractivity contribution is 0.240. The van der Waals surface area contributed by atoms with E-state index in [4.69, 9.17) is 21.4 Å². The van der Waals surface area contributed by atoms with Crippen LogP contribution < -0.4 is 4.74 Å². The van der Waals surface area contributed by atoms with Crippen LogP contribution in [0.1, 0.15) is 12.5 Å². The van der Waals surface area contributed by atoms with Gasteiger partial charge in [-0.25, -0.2) is 4.68 Å². The largest absolute Gasteiger partial charge is 0.493 e. The topological polar surface area (TPSA) is 43.4 Å². The SMILES string of the molecule is CCOc1ccccc1-c1nn(CN(C)Cc2ccccc2)c(=S)o1. The van der Waals surface area contributed by atoms with E-state index in [2.05, 4.69) is 22.1 Å². The first-order chi connectivity index (χ1) is 12.2. The van der Waals surface area contributed by atoms with Crippen LogP contribution in [0, 0.1) is 4.84 Å². The second-order valence-electron chi connectivity index (χ2n) is 5.74. The Balaban J connectivity index is 1.78. The quantitative estimate of drug-likeness (QED) is 0.589. The highest BCUT2D eigenvalue weighted by Gasteiger charge is 2.14. The number of ether oxygens (including phenoxy) is 1. The Morgan fingerprint density at radius 1 is 1.12 bits per heavy atom. The molecule has 1 heterocycles. The molecule has 0 fully saturated rings. The number of hydrogen-bond donors (Lipinski definition) is 0. The predicted molar refractivity (Wildman–Crippen MR) is 99.8 cm³/mol. The molecule has 0 unspecified atom stereocenters. The summed E-state index contributed by atoms with van der Waals surface area (Å²) >= 11 is 5.33. The third-order valence-electron chi connectivity index (χ3n) is 3.69. The molecule has 0 aliphatic rings. The minimum absolute atomic E-state index is 0.348. The zero-order chi connectivity index (χ0) is 17.6. The van der Waals surface area contributed by atoms with E-state index in [0.29, 0.717) is 24.0 Å². The second-order valence-corrected chi connectivity index (χ2v) is 6.09. The van der Waals surface area contributed by atoms with Crippen LogP contribution in [-0.2, 0) is 13.2 Å². The van der Waals surface area contributed by atoms with Crippen molar-refractivity contribution in [1.29, 1.82) is 0 Å². The fraction of sp³-hybridized carbons (Fsp3) is 0.263. The summed E-state index contributed by atoms with van der Waals surface area (Å²) < 4.78 is 13.0. The molecule has 0 bridgehead atoms. The minimum Gasteiger partial charge on any atom is -0.493 e. The van der Waals surface area contributed by atoms with Crippen molar-refractivity contribution < 1.29 is 9.15 Å². The van der Waals surface area contributed by atoms with Crippen molar-refractivity contribution in [2.75, 3.05) is 13.7 Å². The normalized spacial score (nSPS) is 11.0. The Labute approximate surface area is 152 Å². The van der Waals surface area contributed by atoms with Gasteiger partial charge in [-0.05, 0) is 43.9 Å². The summed E-state index contributed by atoms with van der Waals surface area (Å²) in [6.07, 6.45) is 0. The lowest BCUT2D eigenvalue weighted by atomic mass is 10.2. The van der Waals surface area contributed by atoms with Crippen LogP contribution in [0.25, 0.3) is 11.5 Å². The van der Waals surface area contributed by atoms with Crippen molar-refractivity contribution in [3.05, 3.63) is 65.0 Å². The number of hydrogen-bond acceptors (Lipinski definition) is 5. The van der Waals surface area contributed by atoms with Crippen LogP contribution in [0.2, 0.25) is 0 Å². The molecule has 0 saturated heterocycles. The Hall–Kier alpha value is -2.44. The van der Waals surface area contributed by atoms with Crippen LogP contribution >= 0.6 is 12.2 Å². The van der Waals surface area contributed by atoms with Gasteiger partial charge in [0.1, 0.15) is 5.75 Å². The van der Waals surface area contributed by atoms with E-state index in [9.17, 15) is 0 Å². The van der Waals surface area contributed by atoms with E-state index in [1.54, 1.807) is 4.68 Å². The monoisotopic (exact) mass is 355 g/mol. The van der Waals surface area contributed by atoms with Gasteiger partial charge in [0.25, 0.3) is 10.7 Å². The summed E-state index contributed by atoms with van der Waals surface area (Å²) in [6, 6.07) is 18.0. The average Bonchev–Trinajstić information content (AvgIpc) is 2.97. The molecule has 0 aliphatic carbocycles. The van der Waals surface area contributed by atoms with E-state index >= 15 is 0 Å². The molecule has 1 aromatic heterocycles. The van der Waals surface area contributed by atoms with Crippen molar-refractivity contribution in [2.24, 2.45) is 0 Å². The molecule has 130 valence electrons. The maximum atomic E-state index is 5.70. The molecular formula is C19H21N3O2S. The smallest absolute Gasteiger partial charge is 0.288 e. The van der Waals surface area contributed by atoms with E-state index in [-0.39, 0.29) is 0 Å². The molecule has 5 nitrogen and oxygen atoms in total. The summed E-state index contributed by atoms with van der Waals surface area (Å²) in [4.78, 5) is 2.48. The highest BCUT2D eigenvalue weighted by atomic mass is 32.1. The van der Waals surface area contributed by atoms with Gasteiger partial charge in [-0.1, -0.05) is 42.5 Å². The van der Waals surface area contributed by atoms with Gasteiger partial charge in [0.05, 0.1) is 18.8 Å². The van der Waals surface area contributed by atoms with Crippen LogP contribution in [0.5, 0.6) is 5.75 Å². The van der Waals surface area contributed by atoms with Gasteiger partial charge in [0.2, 0.25) is 0 Å². The van der Waals surface area contributed by atoms with Gasteiger partial charge in [-0.3, -0.25) is 4.90 Å². The number of rotatable bonds is 7. The molecule has 3 aromatic rings. The summed E-state index contributed by atoms with van der Waals surface area (Å²) in [7, 11) is 2.03. The molecular weight excluding hydrogens is 334 g/mol. The predicted octanol–water partition coefficient (Wildman–Crippen LogP) is 4.36. The first-order valence-electron chi connectivity index (χ1n) is 8.20. The maximum absolute atomic E-state index is 5.70. The van der Waals surface area contributed by atoms with E-state index in [1.165, 1.54) is 5.56 Å².